The molecule has 0 saturated heterocycles. The molecule has 1 N–H and O–H groups in total. The average Bonchev–Trinajstić information content (AvgIpc) is 3.07. The topological polar surface area (TPSA) is 85.6 Å². The third kappa shape index (κ3) is 4.32. The average molecular weight is 308 g/mol. The van der Waals surface area contributed by atoms with Gasteiger partial charge in [0.1, 0.15) is 11.3 Å². The second-order valence-corrected chi connectivity index (χ2v) is 6.13. The van der Waals surface area contributed by atoms with Crippen molar-refractivity contribution >= 4 is 17.2 Å². The number of rotatable bonds is 7. The lowest BCUT2D eigenvalue weighted by molar-refractivity contribution is -0.122. The van der Waals surface area contributed by atoms with Gasteiger partial charge in [0.15, 0.2) is 0 Å². The third-order valence-corrected chi connectivity index (χ3v) is 4.46. The number of thiazole rings is 1. The Morgan fingerprint density at radius 1 is 1.48 bits per heavy atom. The second kappa shape index (κ2) is 7.26. The van der Waals surface area contributed by atoms with E-state index in [1.807, 2.05) is 6.92 Å². The highest BCUT2D eigenvalue weighted by molar-refractivity contribution is 7.11. The first-order chi connectivity index (χ1) is 10.1. The predicted octanol–water partition coefficient (Wildman–Crippen LogP) is 1.79. The van der Waals surface area contributed by atoms with Crippen molar-refractivity contribution in [1.29, 1.82) is 0 Å². The van der Waals surface area contributed by atoms with Gasteiger partial charge in [-0.1, -0.05) is 6.92 Å². The fourth-order valence-electron chi connectivity index (χ4n) is 1.94. The molecule has 0 radical (unpaired) electrons. The lowest BCUT2D eigenvalue weighted by Crippen LogP contribution is -2.28. The molecule has 2 aromatic rings. The molecule has 0 aromatic carbocycles. The zero-order valence-electron chi connectivity index (χ0n) is 12.5. The minimum Gasteiger partial charge on any atom is -0.347 e. The van der Waals surface area contributed by atoms with Gasteiger partial charge in [-0.2, -0.15) is 0 Å². The van der Waals surface area contributed by atoms with E-state index in [2.05, 4.69) is 39.7 Å². The molecule has 7 nitrogen and oxygen atoms in total. The van der Waals surface area contributed by atoms with Crippen molar-refractivity contribution in [2.24, 2.45) is 0 Å². The standard InChI is InChI=1S/C13H20N6OS/c1-4-11(13-15-9(2)10(3)21-13)16-12(20)6-5-7-19-8-14-17-18-19/h8,11H,4-7H2,1-3H3,(H,16,20). The number of aryl methyl sites for hydroxylation is 3. The van der Waals surface area contributed by atoms with E-state index in [-0.39, 0.29) is 11.9 Å². The van der Waals surface area contributed by atoms with Crippen LogP contribution in [0.4, 0.5) is 0 Å². The normalized spacial score (nSPS) is 12.3. The fourth-order valence-corrected chi connectivity index (χ4v) is 2.99. The molecule has 2 rings (SSSR count). The lowest BCUT2D eigenvalue weighted by Gasteiger charge is -2.14. The van der Waals surface area contributed by atoms with E-state index in [1.54, 1.807) is 22.3 Å². The first-order valence-electron chi connectivity index (χ1n) is 7.04. The number of carbonyl (C=O) groups excluding carboxylic acids is 1. The molecule has 1 unspecified atom stereocenters. The molecular weight excluding hydrogens is 288 g/mol. The van der Waals surface area contributed by atoms with Crippen molar-refractivity contribution in [2.45, 2.75) is 52.6 Å². The quantitative estimate of drug-likeness (QED) is 0.843. The van der Waals surface area contributed by atoms with Crippen LogP contribution in [0.3, 0.4) is 0 Å². The Morgan fingerprint density at radius 2 is 2.29 bits per heavy atom. The first kappa shape index (κ1) is 15.6. The number of carbonyl (C=O) groups is 1. The molecule has 0 aliphatic heterocycles. The van der Waals surface area contributed by atoms with E-state index < -0.39 is 0 Å². The van der Waals surface area contributed by atoms with Crippen molar-refractivity contribution < 1.29 is 4.79 Å². The lowest BCUT2D eigenvalue weighted by atomic mass is 10.2. The molecule has 1 amide bonds. The Hall–Kier alpha value is -1.83. The predicted molar refractivity (Wildman–Crippen MR) is 79.8 cm³/mol. The van der Waals surface area contributed by atoms with E-state index >= 15 is 0 Å². The van der Waals surface area contributed by atoms with Gasteiger partial charge in [0, 0.05) is 17.8 Å². The van der Waals surface area contributed by atoms with Gasteiger partial charge in [-0.3, -0.25) is 4.79 Å². The van der Waals surface area contributed by atoms with Gasteiger partial charge in [-0.15, -0.1) is 16.4 Å². The van der Waals surface area contributed by atoms with Crippen molar-refractivity contribution in [3.8, 4) is 0 Å². The summed E-state index contributed by atoms with van der Waals surface area (Å²) in [7, 11) is 0. The number of hydrogen-bond acceptors (Lipinski definition) is 6. The number of amides is 1. The largest absolute Gasteiger partial charge is 0.347 e. The molecular formula is C13H20N6OS. The molecule has 0 fully saturated rings. The minimum atomic E-state index is 0.00272. The summed E-state index contributed by atoms with van der Waals surface area (Å²) in [5.41, 5.74) is 1.04. The Kier molecular flexibility index (Phi) is 5.38. The highest BCUT2D eigenvalue weighted by Gasteiger charge is 2.17. The van der Waals surface area contributed by atoms with Crippen LogP contribution in [0.25, 0.3) is 0 Å². The van der Waals surface area contributed by atoms with Crippen LogP contribution in [0.2, 0.25) is 0 Å². The van der Waals surface area contributed by atoms with Crippen molar-refractivity contribution in [2.75, 3.05) is 0 Å². The summed E-state index contributed by atoms with van der Waals surface area (Å²) >= 11 is 1.65. The Morgan fingerprint density at radius 3 is 2.86 bits per heavy atom. The summed E-state index contributed by atoms with van der Waals surface area (Å²) in [6.45, 7) is 6.75. The molecule has 8 heteroatoms. The number of tetrazole rings is 1. The van der Waals surface area contributed by atoms with Crippen LogP contribution in [0.1, 0.15) is 47.8 Å². The van der Waals surface area contributed by atoms with Crippen LogP contribution >= 0.6 is 11.3 Å². The summed E-state index contributed by atoms with van der Waals surface area (Å²) < 4.78 is 1.62. The van der Waals surface area contributed by atoms with Gasteiger partial charge in [0.05, 0.1) is 11.7 Å². The van der Waals surface area contributed by atoms with Gasteiger partial charge >= 0.3 is 0 Å². The van der Waals surface area contributed by atoms with E-state index in [4.69, 9.17) is 0 Å². The van der Waals surface area contributed by atoms with Gasteiger partial charge in [-0.05, 0) is 37.1 Å². The molecule has 0 bridgehead atoms. The highest BCUT2D eigenvalue weighted by atomic mass is 32.1. The van der Waals surface area contributed by atoms with Crippen LogP contribution in [0, 0.1) is 13.8 Å². The van der Waals surface area contributed by atoms with E-state index in [1.165, 1.54) is 4.88 Å². The first-order valence-corrected chi connectivity index (χ1v) is 7.85. The van der Waals surface area contributed by atoms with Crippen LogP contribution in [0.15, 0.2) is 6.33 Å². The molecule has 2 aromatic heterocycles. The maximum atomic E-state index is 12.0. The maximum absolute atomic E-state index is 12.0. The minimum absolute atomic E-state index is 0.00272. The highest BCUT2D eigenvalue weighted by Crippen LogP contribution is 2.24. The van der Waals surface area contributed by atoms with Crippen molar-refractivity contribution in [3.05, 3.63) is 21.9 Å². The summed E-state index contributed by atoms with van der Waals surface area (Å²) in [6.07, 6.45) is 3.56. The Labute approximate surface area is 127 Å². The molecule has 0 aliphatic rings. The number of hydrogen-bond donors (Lipinski definition) is 1. The number of aromatic nitrogens is 5. The molecule has 2 heterocycles. The summed E-state index contributed by atoms with van der Waals surface area (Å²) in [4.78, 5) is 17.7. The monoisotopic (exact) mass is 308 g/mol. The summed E-state index contributed by atoms with van der Waals surface area (Å²) in [6, 6.07) is 0.00272. The molecule has 0 saturated carbocycles. The van der Waals surface area contributed by atoms with E-state index in [0.29, 0.717) is 19.4 Å². The van der Waals surface area contributed by atoms with Crippen LogP contribution < -0.4 is 5.32 Å². The third-order valence-electron chi connectivity index (χ3n) is 3.27. The maximum Gasteiger partial charge on any atom is 0.220 e. The van der Waals surface area contributed by atoms with Crippen molar-refractivity contribution in [1.82, 2.24) is 30.5 Å². The number of nitrogens with one attached hydrogen (secondary N) is 1. The van der Waals surface area contributed by atoms with Crippen LogP contribution in [-0.4, -0.2) is 31.1 Å². The van der Waals surface area contributed by atoms with Crippen LogP contribution in [0.5, 0.6) is 0 Å². The Balaban J connectivity index is 1.82. The zero-order chi connectivity index (χ0) is 15.2. The SMILES string of the molecule is CCC(NC(=O)CCCn1cnnn1)c1nc(C)c(C)s1. The molecule has 0 spiro atoms. The number of nitrogens with zero attached hydrogens (tertiary/aromatic N) is 5. The smallest absolute Gasteiger partial charge is 0.220 e. The van der Waals surface area contributed by atoms with Crippen LogP contribution in [-0.2, 0) is 11.3 Å². The summed E-state index contributed by atoms with van der Waals surface area (Å²) in [5, 5.41) is 14.9. The van der Waals surface area contributed by atoms with Crippen molar-refractivity contribution in [3.63, 3.8) is 0 Å². The Bertz CT molecular complexity index is 560. The van der Waals surface area contributed by atoms with Gasteiger partial charge < -0.3 is 5.32 Å². The van der Waals surface area contributed by atoms with Gasteiger partial charge in [0.25, 0.3) is 0 Å². The van der Waals surface area contributed by atoms with Gasteiger partial charge in [0.2, 0.25) is 5.91 Å². The summed E-state index contributed by atoms with van der Waals surface area (Å²) in [5.74, 6) is 0.0421. The molecule has 114 valence electrons. The zero-order valence-corrected chi connectivity index (χ0v) is 13.4. The second-order valence-electron chi connectivity index (χ2n) is 4.90. The molecule has 0 aliphatic carbocycles. The fraction of sp³-hybridized carbons (Fsp3) is 0.615. The van der Waals surface area contributed by atoms with E-state index in [0.717, 1.165) is 17.1 Å². The molecule has 21 heavy (non-hydrogen) atoms. The van der Waals surface area contributed by atoms with Gasteiger partial charge in [-0.25, -0.2) is 9.67 Å². The van der Waals surface area contributed by atoms with E-state index in [9.17, 15) is 4.79 Å². The molecule has 1 atom stereocenters.